The quantitative estimate of drug-likeness (QED) is 0.366. The Morgan fingerprint density at radius 1 is 1.20 bits per heavy atom. The van der Waals surface area contributed by atoms with Gasteiger partial charge in [-0.1, -0.05) is 12.1 Å². The van der Waals surface area contributed by atoms with Crippen molar-refractivity contribution in [2.75, 3.05) is 19.5 Å². The van der Waals surface area contributed by atoms with Gasteiger partial charge >= 0.3 is 0 Å². The van der Waals surface area contributed by atoms with Crippen molar-refractivity contribution < 1.29 is 19.2 Å². The maximum atomic E-state index is 12.9. The van der Waals surface area contributed by atoms with Crippen molar-refractivity contribution in [1.29, 1.82) is 0 Å². The number of hydrogen-bond acceptors (Lipinski definition) is 7. The fourth-order valence-electron chi connectivity index (χ4n) is 2.96. The van der Waals surface area contributed by atoms with Crippen molar-refractivity contribution in [3.8, 4) is 22.8 Å². The van der Waals surface area contributed by atoms with Crippen LogP contribution in [0.3, 0.4) is 0 Å². The van der Waals surface area contributed by atoms with Crippen LogP contribution < -0.4 is 14.8 Å². The second-order valence-corrected chi connectivity index (χ2v) is 7.06. The van der Waals surface area contributed by atoms with Crippen LogP contribution >= 0.6 is 11.3 Å². The lowest BCUT2D eigenvalue weighted by Gasteiger charge is -2.09. The monoisotopic (exact) mass is 424 g/mol. The first-order chi connectivity index (χ1) is 14.5. The van der Waals surface area contributed by atoms with Gasteiger partial charge in [0.15, 0.2) is 4.96 Å². The molecule has 0 fully saturated rings. The average molecular weight is 424 g/mol. The first kappa shape index (κ1) is 19.4. The minimum atomic E-state index is -0.534. The van der Waals surface area contributed by atoms with E-state index in [9.17, 15) is 14.9 Å². The van der Waals surface area contributed by atoms with Gasteiger partial charge in [-0.2, -0.15) is 0 Å². The molecule has 10 heteroatoms. The lowest BCUT2D eigenvalue weighted by molar-refractivity contribution is -0.384. The molecule has 0 saturated carbocycles. The van der Waals surface area contributed by atoms with Crippen LogP contribution in [0.4, 0.5) is 11.4 Å². The van der Waals surface area contributed by atoms with E-state index in [1.54, 1.807) is 23.1 Å². The molecule has 0 unspecified atom stereocenters. The summed E-state index contributed by atoms with van der Waals surface area (Å²) in [5, 5.41) is 15.4. The van der Waals surface area contributed by atoms with Crippen molar-refractivity contribution in [3.05, 3.63) is 69.8 Å². The number of amides is 1. The maximum absolute atomic E-state index is 12.9. The number of nitro groups is 1. The van der Waals surface area contributed by atoms with Crippen LogP contribution in [0.1, 0.15) is 10.5 Å². The highest BCUT2D eigenvalue weighted by atomic mass is 32.1. The van der Waals surface area contributed by atoms with Crippen molar-refractivity contribution >= 4 is 33.6 Å². The third kappa shape index (κ3) is 3.55. The molecule has 4 aromatic rings. The number of carbonyl (C=O) groups is 1. The van der Waals surface area contributed by atoms with Gasteiger partial charge in [-0.05, 0) is 18.2 Å². The summed E-state index contributed by atoms with van der Waals surface area (Å²) in [7, 11) is 3.02. The molecule has 0 radical (unpaired) electrons. The van der Waals surface area contributed by atoms with Gasteiger partial charge in [0.25, 0.3) is 11.6 Å². The zero-order chi connectivity index (χ0) is 21.3. The molecule has 0 aliphatic heterocycles. The first-order valence-corrected chi connectivity index (χ1v) is 9.63. The van der Waals surface area contributed by atoms with Crippen LogP contribution in [0.5, 0.6) is 11.5 Å². The van der Waals surface area contributed by atoms with E-state index in [1.165, 1.54) is 36.6 Å². The standard InChI is InChI=1S/C20H16N4O5S/c1-28-14-5-3-4-12(8-14)16-10-23-17(11-30-20(23)22-16)19(25)21-15-9-13(24(26)27)6-7-18(15)29-2/h3-11H,1-2H3,(H,21,25). The molecule has 0 saturated heterocycles. The van der Waals surface area contributed by atoms with Crippen LogP contribution in [0.15, 0.2) is 54.0 Å². The molecule has 30 heavy (non-hydrogen) atoms. The Hall–Kier alpha value is -3.92. The van der Waals surface area contributed by atoms with Crippen LogP contribution in [0, 0.1) is 10.1 Å². The van der Waals surface area contributed by atoms with E-state index in [4.69, 9.17) is 9.47 Å². The van der Waals surface area contributed by atoms with Crippen molar-refractivity contribution in [2.24, 2.45) is 0 Å². The number of nitro benzene ring substituents is 1. The Morgan fingerprint density at radius 3 is 2.77 bits per heavy atom. The number of anilines is 1. The number of non-ortho nitro benzene ring substituents is 1. The SMILES string of the molecule is COc1cccc(-c2cn3c(C(=O)Nc4cc([N+](=O)[O-])ccc4OC)csc3n2)c1. The van der Waals surface area contributed by atoms with Crippen molar-refractivity contribution in [1.82, 2.24) is 9.38 Å². The molecule has 0 spiro atoms. The van der Waals surface area contributed by atoms with Crippen LogP contribution in [-0.4, -0.2) is 34.4 Å². The van der Waals surface area contributed by atoms with Gasteiger partial charge in [-0.3, -0.25) is 19.3 Å². The molecule has 2 aromatic heterocycles. The number of nitrogens with zero attached hydrogens (tertiary/aromatic N) is 3. The summed E-state index contributed by atoms with van der Waals surface area (Å²) >= 11 is 1.32. The Kier molecular flexibility index (Phi) is 5.07. The van der Waals surface area contributed by atoms with Gasteiger partial charge in [0, 0.05) is 29.3 Å². The highest BCUT2D eigenvalue weighted by Gasteiger charge is 2.19. The van der Waals surface area contributed by atoms with E-state index in [0.29, 0.717) is 27.8 Å². The Bertz CT molecular complexity index is 1260. The summed E-state index contributed by atoms with van der Waals surface area (Å²) in [6.45, 7) is 0. The van der Waals surface area contributed by atoms with E-state index in [0.717, 1.165) is 5.56 Å². The number of rotatable bonds is 6. The number of benzene rings is 2. The normalized spacial score (nSPS) is 10.7. The molecule has 152 valence electrons. The lowest BCUT2D eigenvalue weighted by Crippen LogP contribution is -2.14. The van der Waals surface area contributed by atoms with Crippen molar-refractivity contribution in [3.63, 3.8) is 0 Å². The van der Waals surface area contributed by atoms with Gasteiger partial charge < -0.3 is 14.8 Å². The molecule has 0 aliphatic rings. The number of imidazole rings is 1. The zero-order valence-corrected chi connectivity index (χ0v) is 16.8. The second kappa shape index (κ2) is 7.84. The molecular weight excluding hydrogens is 408 g/mol. The molecule has 9 nitrogen and oxygen atoms in total. The highest BCUT2D eigenvalue weighted by Crippen LogP contribution is 2.30. The zero-order valence-electron chi connectivity index (χ0n) is 16.0. The van der Waals surface area contributed by atoms with E-state index in [-0.39, 0.29) is 11.4 Å². The second-order valence-electron chi connectivity index (χ2n) is 6.23. The third-order valence-corrected chi connectivity index (χ3v) is 5.29. The summed E-state index contributed by atoms with van der Waals surface area (Å²) < 4.78 is 12.1. The van der Waals surface area contributed by atoms with Gasteiger partial charge in [-0.15, -0.1) is 11.3 Å². The molecule has 1 amide bonds. The Morgan fingerprint density at radius 2 is 2.03 bits per heavy atom. The fraction of sp³-hybridized carbons (Fsp3) is 0.100. The molecule has 0 aliphatic carbocycles. The van der Waals surface area contributed by atoms with Crippen LogP contribution in [0.2, 0.25) is 0 Å². The largest absolute Gasteiger partial charge is 0.497 e. The smallest absolute Gasteiger partial charge is 0.273 e. The number of carbonyl (C=O) groups excluding carboxylic acids is 1. The number of methoxy groups -OCH3 is 2. The van der Waals surface area contributed by atoms with Gasteiger partial charge in [0.2, 0.25) is 0 Å². The number of nitrogens with one attached hydrogen (secondary N) is 1. The van der Waals surface area contributed by atoms with Crippen LogP contribution in [-0.2, 0) is 0 Å². The van der Waals surface area contributed by atoms with E-state index >= 15 is 0 Å². The average Bonchev–Trinajstić information content (AvgIpc) is 3.34. The number of hydrogen-bond donors (Lipinski definition) is 1. The van der Waals surface area contributed by atoms with Crippen LogP contribution in [0.25, 0.3) is 16.2 Å². The number of fused-ring (bicyclic) bond motifs is 1. The predicted octanol–water partition coefficient (Wildman–Crippen LogP) is 4.24. The molecule has 1 N–H and O–H groups in total. The first-order valence-electron chi connectivity index (χ1n) is 8.75. The van der Waals surface area contributed by atoms with Gasteiger partial charge in [0.1, 0.15) is 17.2 Å². The molecule has 2 heterocycles. The predicted molar refractivity (Wildman–Crippen MR) is 113 cm³/mol. The molecular formula is C20H16N4O5S. The molecule has 2 aromatic carbocycles. The highest BCUT2D eigenvalue weighted by molar-refractivity contribution is 7.15. The molecule has 4 rings (SSSR count). The Labute approximate surface area is 174 Å². The lowest BCUT2D eigenvalue weighted by atomic mass is 10.1. The summed E-state index contributed by atoms with van der Waals surface area (Å²) in [5.41, 5.74) is 1.97. The van der Waals surface area contributed by atoms with Gasteiger partial charge in [-0.25, -0.2) is 4.98 Å². The molecule has 0 atom stereocenters. The van der Waals surface area contributed by atoms with E-state index < -0.39 is 10.8 Å². The van der Waals surface area contributed by atoms with Gasteiger partial charge in [0.05, 0.1) is 30.5 Å². The summed E-state index contributed by atoms with van der Waals surface area (Å²) in [4.78, 5) is 28.6. The Balaban J connectivity index is 1.67. The van der Waals surface area contributed by atoms with E-state index in [1.807, 2.05) is 24.3 Å². The number of ether oxygens (including phenoxy) is 2. The van der Waals surface area contributed by atoms with E-state index in [2.05, 4.69) is 10.3 Å². The third-order valence-electron chi connectivity index (χ3n) is 4.45. The minimum Gasteiger partial charge on any atom is -0.497 e. The summed E-state index contributed by atoms with van der Waals surface area (Å²) in [6, 6.07) is 11.5. The maximum Gasteiger partial charge on any atom is 0.273 e. The summed E-state index contributed by atoms with van der Waals surface area (Å²) in [6.07, 6.45) is 1.76. The summed E-state index contributed by atoms with van der Waals surface area (Å²) in [5.74, 6) is 0.595. The molecule has 0 bridgehead atoms. The topological polar surface area (TPSA) is 108 Å². The number of aromatic nitrogens is 2. The fourth-order valence-corrected chi connectivity index (χ4v) is 3.82. The number of thiazole rings is 1. The van der Waals surface area contributed by atoms with Crippen molar-refractivity contribution in [2.45, 2.75) is 0 Å². The minimum absolute atomic E-state index is 0.149.